The van der Waals surface area contributed by atoms with Crippen LogP contribution in [0.15, 0.2) is 70.4 Å². The van der Waals surface area contributed by atoms with Gasteiger partial charge >= 0.3 is 0 Å². The lowest BCUT2D eigenvalue weighted by atomic mass is 10.1. The van der Waals surface area contributed by atoms with Crippen molar-refractivity contribution in [1.29, 1.82) is 0 Å². The molecule has 2 aromatic heterocycles. The quantitative estimate of drug-likeness (QED) is 0.341. The van der Waals surface area contributed by atoms with Gasteiger partial charge in [0.2, 0.25) is 5.91 Å². The minimum absolute atomic E-state index is 0.165. The molecule has 0 aliphatic heterocycles. The average molecular weight is 463 g/mol. The number of anilines is 1. The monoisotopic (exact) mass is 462 g/mol. The first-order chi connectivity index (χ1) is 16.0. The number of thioether (sulfide) groups is 1. The molecule has 1 unspecified atom stereocenters. The summed E-state index contributed by atoms with van der Waals surface area (Å²) in [6, 6.07) is 17.2. The minimum Gasteiger partial charge on any atom is -0.495 e. The van der Waals surface area contributed by atoms with E-state index in [2.05, 4.69) is 15.5 Å². The molecular weight excluding hydrogens is 436 g/mol. The summed E-state index contributed by atoms with van der Waals surface area (Å²) in [6.45, 7) is 6.56. The third-order valence-corrected chi connectivity index (χ3v) is 6.54. The normalized spacial score (nSPS) is 11.9. The molecule has 2 heterocycles. The molecule has 0 aliphatic rings. The fraction of sp³-hybridized carbons (Fsp3) is 0.240. The number of carbonyl (C=O) groups is 1. The number of furan rings is 1. The second-order valence-corrected chi connectivity index (χ2v) is 8.61. The van der Waals surface area contributed by atoms with Crippen LogP contribution in [0.2, 0.25) is 0 Å². The van der Waals surface area contributed by atoms with E-state index in [1.54, 1.807) is 13.4 Å². The second-order valence-electron chi connectivity index (χ2n) is 7.54. The van der Waals surface area contributed by atoms with Crippen LogP contribution in [0.3, 0.4) is 0 Å². The highest BCUT2D eigenvalue weighted by Crippen LogP contribution is 2.38. The average Bonchev–Trinajstić information content (AvgIpc) is 3.43. The zero-order valence-corrected chi connectivity index (χ0v) is 19.8. The first-order valence-corrected chi connectivity index (χ1v) is 11.5. The maximum atomic E-state index is 13.5. The predicted molar refractivity (Wildman–Crippen MR) is 130 cm³/mol. The van der Waals surface area contributed by atoms with E-state index in [0.29, 0.717) is 23.1 Å². The van der Waals surface area contributed by atoms with Gasteiger partial charge in [-0.15, -0.1) is 10.2 Å². The second kappa shape index (κ2) is 9.95. The SMILES string of the molecule is CCn1c(SC(C(=O)Nc2cc(C)ccc2OC)c2ccccc2)nnc1-c1ccoc1C. The van der Waals surface area contributed by atoms with Crippen LogP contribution in [-0.4, -0.2) is 27.8 Å². The van der Waals surface area contributed by atoms with Gasteiger partial charge in [0.05, 0.1) is 24.6 Å². The van der Waals surface area contributed by atoms with E-state index in [9.17, 15) is 4.79 Å². The van der Waals surface area contributed by atoms with Crippen molar-refractivity contribution in [2.24, 2.45) is 0 Å². The van der Waals surface area contributed by atoms with Crippen molar-refractivity contribution in [2.45, 2.75) is 37.7 Å². The van der Waals surface area contributed by atoms with Gasteiger partial charge < -0.3 is 19.0 Å². The van der Waals surface area contributed by atoms with E-state index in [4.69, 9.17) is 9.15 Å². The fourth-order valence-electron chi connectivity index (χ4n) is 3.60. The Bertz CT molecular complexity index is 1250. The van der Waals surface area contributed by atoms with E-state index < -0.39 is 5.25 Å². The highest BCUT2D eigenvalue weighted by atomic mass is 32.2. The van der Waals surface area contributed by atoms with Crippen LogP contribution in [0.4, 0.5) is 5.69 Å². The molecule has 1 N–H and O–H groups in total. The molecule has 0 bridgehead atoms. The highest BCUT2D eigenvalue weighted by Gasteiger charge is 2.27. The molecule has 4 aromatic rings. The van der Waals surface area contributed by atoms with Gasteiger partial charge in [0.1, 0.15) is 16.8 Å². The molecule has 0 saturated carbocycles. The zero-order valence-electron chi connectivity index (χ0n) is 19.0. The number of rotatable bonds is 8. The van der Waals surface area contributed by atoms with Crippen molar-refractivity contribution in [3.05, 3.63) is 77.7 Å². The Morgan fingerprint density at radius 2 is 1.94 bits per heavy atom. The van der Waals surface area contributed by atoms with Gasteiger partial charge in [-0.2, -0.15) is 0 Å². The van der Waals surface area contributed by atoms with Crippen molar-refractivity contribution >= 4 is 23.4 Å². The smallest absolute Gasteiger partial charge is 0.242 e. The standard InChI is InChI=1S/C25H26N4O3S/c1-5-29-23(19-13-14-32-17(19)3)27-28-25(29)33-22(18-9-7-6-8-10-18)24(30)26-20-15-16(2)11-12-21(20)31-4/h6-15,22H,5H2,1-4H3,(H,26,30). The topological polar surface area (TPSA) is 82.2 Å². The Hall–Kier alpha value is -3.52. The minimum atomic E-state index is -0.538. The van der Waals surface area contributed by atoms with Crippen molar-refractivity contribution in [3.8, 4) is 17.1 Å². The van der Waals surface area contributed by atoms with Crippen LogP contribution in [-0.2, 0) is 11.3 Å². The van der Waals surface area contributed by atoms with Crippen molar-refractivity contribution in [3.63, 3.8) is 0 Å². The summed E-state index contributed by atoms with van der Waals surface area (Å²) in [4.78, 5) is 13.5. The number of carbonyl (C=O) groups excluding carboxylic acids is 1. The number of hydrogen-bond donors (Lipinski definition) is 1. The number of nitrogens with one attached hydrogen (secondary N) is 1. The molecular formula is C25H26N4O3S. The van der Waals surface area contributed by atoms with Gasteiger partial charge in [0.15, 0.2) is 11.0 Å². The molecule has 0 saturated heterocycles. The molecule has 0 spiro atoms. The van der Waals surface area contributed by atoms with Crippen LogP contribution in [0.1, 0.15) is 29.1 Å². The van der Waals surface area contributed by atoms with E-state index in [1.807, 2.05) is 79.9 Å². The van der Waals surface area contributed by atoms with Gasteiger partial charge in [0.25, 0.3) is 0 Å². The third kappa shape index (κ3) is 4.80. The van der Waals surface area contributed by atoms with Crippen molar-refractivity contribution in [2.75, 3.05) is 12.4 Å². The predicted octanol–water partition coefficient (Wildman–Crippen LogP) is 5.66. The largest absolute Gasteiger partial charge is 0.495 e. The Kier molecular flexibility index (Phi) is 6.84. The lowest BCUT2D eigenvalue weighted by molar-refractivity contribution is -0.115. The molecule has 2 aromatic carbocycles. The summed E-state index contributed by atoms with van der Waals surface area (Å²) in [5, 5.41) is 12.0. The summed E-state index contributed by atoms with van der Waals surface area (Å²) < 4.78 is 12.9. The molecule has 1 atom stereocenters. The Labute approximate surface area is 197 Å². The maximum absolute atomic E-state index is 13.5. The van der Waals surface area contributed by atoms with E-state index in [0.717, 1.165) is 28.3 Å². The lowest BCUT2D eigenvalue weighted by Crippen LogP contribution is -2.20. The summed E-state index contributed by atoms with van der Waals surface area (Å²) in [5.41, 5.74) is 3.43. The number of aryl methyl sites for hydroxylation is 2. The molecule has 0 aliphatic carbocycles. The van der Waals surface area contributed by atoms with Gasteiger partial charge in [-0.25, -0.2) is 0 Å². The number of hydrogen-bond acceptors (Lipinski definition) is 6. The van der Waals surface area contributed by atoms with E-state index in [1.165, 1.54) is 11.8 Å². The van der Waals surface area contributed by atoms with Crippen LogP contribution < -0.4 is 10.1 Å². The van der Waals surface area contributed by atoms with Crippen LogP contribution in [0, 0.1) is 13.8 Å². The Morgan fingerprint density at radius 3 is 2.61 bits per heavy atom. The van der Waals surface area contributed by atoms with Gasteiger partial charge in [0, 0.05) is 6.54 Å². The number of benzene rings is 2. The Morgan fingerprint density at radius 1 is 1.15 bits per heavy atom. The van der Waals surface area contributed by atoms with E-state index in [-0.39, 0.29) is 5.91 Å². The summed E-state index contributed by atoms with van der Waals surface area (Å²) >= 11 is 1.37. The number of amides is 1. The van der Waals surface area contributed by atoms with Gasteiger partial charge in [-0.3, -0.25) is 4.79 Å². The van der Waals surface area contributed by atoms with Crippen LogP contribution in [0.25, 0.3) is 11.4 Å². The first-order valence-electron chi connectivity index (χ1n) is 10.7. The maximum Gasteiger partial charge on any atom is 0.242 e. The van der Waals surface area contributed by atoms with E-state index >= 15 is 0 Å². The first kappa shape index (κ1) is 22.7. The molecule has 7 nitrogen and oxygen atoms in total. The summed E-state index contributed by atoms with van der Waals surface area (Å²) in [7, 11) is 1.59. The fourth-order valence-corrected chi connectivity index (χ4v) is 4.70. The molecule has 170 valence electrons. The number of nitrogens with zero attached hydrogens (tertiary/aromatic N) is 3. The number of methoxy groups -OCH3 is 1. The van der Waals surface area contributed by atoms with Gasteiger partial charge in [-0.05, 0) is 50.1 Å². The molecule has 0 fully saturated rings. The van der Waals surface area contributed by atoms with Crippen molar-refractivity contribution < 1.29 is 13.9 Å². The van der Waals surface area contributed by atoms with Crippen LogP contribution in [0.5, 0.6) is 5.75 Å². The van der Waals surface area contributed by atoms with Gasteiger partial charge in [-0.1, -0.05) is 48.2 Å². The summed E-state index contributed by atoms with van der Waals surface area (Å²) in [6.07, 6.45) is 1.64. The molecule has 4 rings (SSSR count). The lowest BCUT2D eigenvalue weighted by Gasteiger charge is -2.18. The number of aromatic nitrogens is 3. The Balaban J connectivity index is 1.68. The van der Waals surface area contributed by atoms with Crippen LogP contribution >= 0.6 is 11.8 Å². The molecule has 1 amide bonds. The molecule has 0 radical (unpaired) electrons. The molecule has 8 heteroatoms. The number of ether oxygens (including phenoxy) is 1. The zero-order chi connectivity index (χ0) is 23.4. The summed E-state index contributed by atoms with van der Waals surface area (Å²) in [5.74, 6) is 1.94. The van der Waals surface area contributed by atoms with Crippen molar-refractivity contribution in [1.82, 2.24) is 14.8 Å². The third-order valence-electron chi connectivity index (χ3n) is 5.31. The molecule has 33 heavy (non-hydrogen) atoms. The highest BCUT2D eigenvalue weighted by molar-refractivity contribution is 8.00.